The van der Waals surface area contributed by atoms with Gasteiger partial charge in [-0.2, -0.15) is 0 Å². The van der Waals surface area contributed by atoms with Crippen LogP contribution in [-0.2, 0) is 9.53 Å². The van der Waals surface area contributed by atoms with Gasteiger partial charge in [0.05, 0.1) is 7.11 Å². The van der Waals surface area contributed by atoms with E-state index in [4.69, 9.17) is 0 Å². The van der Waals surface area contributed by atoms with E-state index in [9.17, 15) is 22.8 Å². The number of amides is 2. The van der Waals surface area contributed by atoms with Crippen molar-refractivity contribution in [3.05, 3.63) is 29.6 Å². The number of urea groups is 1. The molecule has 0 radical (unpaired) electrons. The smallest absolute Gasteiger partial charge is 0.331 e. The van der Waals surface area contributed by atoms with Crippen molar-refractivity contribution in [3.8, 4) is 0 Å². The molecule has 2 N–H and O–H groups in total. The van der Waals surface area contributed by atoms with Crippen molar-refractivity contribution in [2.75, 3.05) is 12.4 Å². The highest BCUT2D eigenvalue weighted by atomic mass is 19.2. The van der Waals surface area contributed by atoms with Gasteiger partial charge in [0.25, 0.3) is 0 Å². The fourth-order valence-corrected chi connectivity index (χ4v) is 1.71. The van der Waals surface area contributed by atoms with Crippen LogP contribution in [0, 0.1) is 17.5 Å². The molecule has 20 heavy (non-hydrogen) atoms. The predicted molar refractivity (Wildman–Crippen MR) is 62.5 cm³/mol. The van der Waals surface area contributed by atoms with E-state index in [2.05, 4.69) is 15.4 Å². The molecular weight excluding hydrogens is 277 g/mol. The van der Waals surface area contributed by atoms with E-state index in [0.717, 1.165) is 0 Å². The molecule has 8 heteroatoms. The molecule has 0 saturated heterocycles. The predicted octanol–water partition coefficient (Wildman–Crippen LogP) is 1.93. The van der Waals surface area contributed by atoms with Crippen LogP contribution in [0.25, 0.3) is 0 Å². The monoisotopic (exact) mass is 288 g/mol. The van der Waals surface area contributed by atoms with E-state index < -0.39 is 35.0 Å². The molecule has 1 fully saturated rings. The van der Waals surface area contributed by atoms with Crippen molar-refractivity contribution >= 4 is 17.7 Å². The van der Waals surface area contributed by atoms with Gasteiger partial charge in [-0.05, 0) is 12.8 Å². The third kappa shape index (κ3) is 2.68. The number of carbonyl (C=O) groups excluding carboxylic acids is 2. The quantitative estimate of drug-likeness (QED) is 0.659. The van der Waals surface area contributed by atoms with Gasteiger partial charge in [0.2, 0.25) is 0 Å². The van der Waals surface area contributed by atoms with Crippen LogP contribution in [0.2, 0.25) is 0 Å². The summed E-state index contributed by atoms with van der Waals surface area (Å²) in [7, 11) is 1.19. The van der Waals surface area contributed by atoms with Gasteiger partial charge in [-0.3, -0.25) is 0 Å². The Balaban J connectivity index is 2.04. The lowest BCUT2D eigenvalue weighted by molar-refractivity contribution is -0.144. The molecule has 2 amide bonds. The molecule has 0 aliphatic heterocycles. The van der Waals surface area contributed by atoms with Gasteiger partial charge >= 0.3 is 12.0 Å². The number of methoxy groups -OCH3 is 1. The lowest BCUT2D eigenvalue weighted by Gasteiger charge is -2.15. The largest absolute Gasteiger partial charge is 0.467 e. The summed E-state index contributed by atoms with van der Waals surface area (Å²) in [6.07, 6.45) is 0.832. The molecule has 0 spiro atoms. The SMILES string of the molecule is COC(=O)C1(NC(=O)Nc2cc(F)c(F)c(F)c2)CC1. The van der Waals surface area contributed by atoms with Crippen molar-refractivity contribution in [1.82, 2.24) is 5.32 Å². The van der Waals surface area contributed by atoms with Crippen LogP contribution in [0.4, 0.5) is 23.7 Å². The van der Waals surface area contributed by atoms with Crippen LogP contribution in [-0.4, -0.2) is 24.6 Å². The summed E-state index contributed by atoms with van der Waals surface area (Å²) in [4.78, 5) is 23.0. The Morgan fingerprint density at radius 2 is 1.75 bits per heavy atom. The van der Waals surface area contributed by atoms with Crippen LogP contribution >= 0.6 is 0 Å². The minimum atomic E-state index is -1.62. The summed E-state index contributed by atoms with van der Waals surface area (Å²) in [6.45, 7) is 0. The summed E-state index contributed by atoms with van der Waals surface area (Å²) in [5, 5.41) is 4.48. The number of rotatable bonds is 3. The summed E-state index contributed by atoms with van der Waals surface area (Å²) in [6, 6.07) is 0.434. The Bertz CT molecular complexity index is 550. The average molecular weight is 288 g/mol. The third-order valence-electron chi connectivity index (χ3n) is 2.92. The van der Waals surface area contributed by atoms with Gasteiger partial charge in [0, 0.05) is 17.8 Å². The zero-order chi connectivity index (χ0) is 14.9. The molecule has 1 aliphatic rings. The van der Waals surface area contributed by atoms with Crippen LogP contribution < -0.4 is 10.6 Å². The van der Waals surface area contributed by atoms with Crippen molar-refractivity contribution in [1.29, 1.82) is 0 Å². The summed E-state index contributed by atoms with van der Waals surface area (Å²) < 4.78 is 43.2. The lowest BCUT2D eigenvalue weighted by Crippen LogP contribution is -2.45. The van der Waals surface area contributed by atoms with E-state index in [0.29, 0.717) is 25.0 Å². The second kappa shape index (κ2) is 5.03. The summed E-state index contributed by atoms with van der Waals surface area (Å²) in [5.41, 5.74) is -1.35. The zero-order valence-corrected chi connectivity index (χ0v) is 10.4. The molecular formula is C12H11F3N2O3. The molecule has 0 aromatic heterocycles. The minimum Gasteiger partial charge on any atom is -0.467 e. The van der Waals surface area contributed by atoms with Crippen LogP contribution in [0.15, 0.2) is 12.1 Å². The van der Waals surface area contributed by atoms with Gasteiger partial charge in [0.1, 0.15) is 5.54 Å². The number of carbonyl (C=O) groups is 2. The highest BCUT2D eigenvalue weighted by molar-refractivity contribution is 5.95. The number of ether oxygens (including phenoxy) is 1. The standard InChI is InChI=1S/C12H11F3N2O3/c1-20-10(18)12(2-3-12)17-11(19)16-6-4-7(13)9(15)8(14)5-6/h4-5H,2-3H2,1H3,(H2,16,17,19). The van der Waals surface area contributed by atoms with E-state index in [1.165, 1.54) is 7.11 Å². The zero-order valence-electron chi connectivity index (χ0n) is 10.4. The van der Waals surface area contributed by atoms with Crippen molar-refractivity contribution in [2.24, 2.45) is 0 Å². The Labute approximate surface area is 112 Å². The van der Waals surface area contributed by atoms with Crippen LogP contribution in [0.3, 0.4) is 0 Å². The molecule has 1 saturated carbocycles. The topological polar surface area (TPSA) is 67.4 Å². The number of halogens is 3. The fourth-order valence-electron chi connectivity index (χ4n) is 1.71. The summed E-state index contributed by atoms with van der Waals surface area (Å²) in [5.74, 6) is -5.06. The second-order valence-corrected chi connectivity index (χ2v) is 4.41. The van der Waals surface area contributed by atoms with Crippen LogP contribution in [0.5, 0.6) is 0 Å². The molecule has 1 aromatic rings. The van der Waals surface area contributed by atoms with Crippen molar-refractivity contribution in [3.63, 3.8) is 0 Å². The number of hydrogen-bond donors (Lipinski definition) is 2. The van der Waals surface area contributed by atoms with Crippen LogP contribution in [0.1, 0.15) is 12.8 Å². The van der Waals surface area contributed by atoms with Gasteiger partial charge < -0.3 is 15.4 Å². The maximum Gasteiger partial charge on any atom is 0.331 e. The van der Waals surface area contributed by atoms with E-state index in [1.807, 2.05) is 0 Å². The Morgan fingerprint density at radius 3 is 2.20 bits per heavy atom. The fraction of sp³-hybridized carbons (Fsp3) is 0.333. The molecule has 108 valence electrons. The third-order valence-corrected chi connectivity index (χ3v) is 2.92. The number of nitrogens with one attached hydrogen (secondary N) is 2. The Morgan fingerprint density at radius 1 is 1.20 bits per heavy atom. The first-order valence-corrected chi connectivity index (χ1v) is 5.70. The Hall–Kier alpha value is -2.25. The minimum absolute atomic E-state index is 0.264. The first kappa shape index (κ1) is 14.2. The first-order chi connectivity index (χ1) is 9.38. The number of hydrogen-bond acceptors (Lipinski definition) is 3. The number of benzene rings is 1. The Kier molecular flexibility index (Phi) is 3.56. The van der Waals surface area contributed by atoms with Gasteiger partial charge in [-0.1, -0.05) is 0 Å². The lowest BCUT2D eigenvalue weighted by atomic mass is 10.2. The molecule has 1 aromatic carbocycles. The van der Waals surface area contributed by atoms with Gasteiger partial charge in [-0.25, -0.2) is 22.8 Å². The van der Waals surface area contributed by atoms with Crippen molar-refractivity contribution in [2.45, 2.75) is 18.4 Å². The molecule has 2 rings (SSSR count). The van der Waals surface area contributed by atoms with Gasteiger partial charge in [0.15, 0.2) is 17.5 Å². The van der Waals surface area contributed by atoms with E-state index >= 15 is 0 Å². The first-order valence-electron chi connectivity index (χ1n) is 5.70. The summed E-state index contributed by atoms with van der Waals surface area (Å²) >= 11 is 0. The van der Waals surface area contributed by atoms with Gasteiger partial charge in [-0.15, -0.1) is 0 Å². The maximum atomic E-state index is 13.0. The highest BCUT2D eigenvalue weighted by Gasteiger charge is 2.52. The molecule has 0 atom stereocenters. The maximum absolute atomic E-state index is 13.0. The highest BCUT2D eigenvalue weighted by Crippen LogP contribution is 2.36. The second-order valence-electron chi connectivity index (χ2n) is 4.41. The van der Waals surface area contributed by atoms with Crippen molar-refractivity contribution < 1.29 is 27.5 Å². The average Bonchev–Trinajstić information content (AvgIpc) is 3.15. The molecule has 0 bridgehead atoms. The van der Waals surface area contributed by atoms with E-state index in [-0.39, 0.29) is 5.69 Å². The number of esters is 1. The molecule has 0 heterocycles. The normalized spacial score (nSPS) is 15.4. The molecule has 1 aliphatic carbocycles. The van der Waals surface area contributed by atoms with E-state index in [1.54, 1.807) is 0 Å². The molecule has 5 nitrogen and oxygen atoms in total. The molecule has 0 unspecified atom stereocenters. The number of anilines is 1.